The molecule has 0 bridgehead atoms. The van der Waals surface area contributed by atoms with Gasteiger partial charge in [-0.15, -0.1) is 10.2 Å². The van der Waals surface area contributed by atoms with Crippen LogP contribution in [0.3, 0.4) is 0 Å². The Bertz CT molecular complexity index is 1980. The van der Waals surface area contributed by atoms with Gasteiger partial charge in [-0.05, 0) is 116 Å². The summed E-state index contributed by atoms with van der Waals surface area (Å²) in [7, 11) is 0. The molecule has 0 saturated heterocycles. The highest BCUT2D eigenvalue weighted by Crippen LogP contribution is 2.77. The smallest absolute Gasteiger partial charge is 0.309 e. The maximum absolute atomic E-state index is 14.1. The summed E-state index contributed by atoms with van der Waals surface area (Å²) in [6.07, 6.45) is 8.33. The van der Waals surface area contributed by atoms with Crippen molar-refractivity contribution in [3.05, 3.63) is 35.0 Å². The predicted molar refractivity (Wildman–Crippen MR) is 200 cm³/mol. The van der Waals surface area contributed by atoms with E-state index in [1.807, 2.05) is 6.07 Å². The van der Waals surface area contributed by atoms with Gasteiger partial charge in [-0.1, -0.05) is 48.5 Å². The number of Topliss-reactive ketones (excluding diaryl/α,β-unsaturated/α-hetero) is 1. The molecule has 5 aliphatic rings. The number of esters is 1. The Morgan fingerprint density at radius 2 is 1.67 bits per heavy atom. The van der Waals surface area contributed by atoms with E-state index < -0.39 is 28.9 Å². The molecule has 9 atom stereocenters. The van der Waals surface area contributed by atoms with Crippen LogP contribution in [0.15, 0.2) is 28.0 Å². The Hall–Kier alpha value is -3.98. The number of allylic oxidation sites excluding steroid dienone is 1. The number of ether oxygens (including phenoxy) is 1. The second-order valence-corrected chi connectivity index (χ2v) is 19.8. The Morgan fingerprint density at radius 3 is 2.31 bits per heavy atom. The summed E-state index contributed by atoms with van der Waals surface area (Å²) in [5, 5.41) is 39.5. The average Bonchev–Trinajstić information content (AvgIpc) is 3.72. The topological polar surface area (TPSA) is 189 Å². The number of hydrogen-bond acceptors (Lipinski definition) is 11. The predicted octanol–water partition coefficient (Wildman–Crippen LogP) is 7.83. The van der Waals surface area contributed by atoms with Gasteiger partial charge in [0.1, 0.15) is 18.3 Å². The van der Waals surface area contributed by atoms with Crippen LogP contribution < -0.4 is 0 Å². The molecular formula is C43H57N5O7. The molecule has 4 fully saturated rings. The molecule has 2 aromatic rings. The number of fused-ring (bicyclic) bond motifs is 7. The Morgan fingerprint density at radius 1 is 0.982 bits per heavy atom. The summed E-state index contributed by atoms with van der Waals surface area (Å²) in [4.78, 5) is 47.4. The van der Waals surface area contributed by atoms with Crippen LogP contribution in [-0.2, 0) is 19.1 Å². The van der Waals surface area contributed by atoms with E-state index in [-0.39, 0.29) is 75.8 Å². The van der Waals surface area contributed by atoms with Gasteiger partial charge in [0.05, 0.1) is 17.4 Å². The fourth-order valence-corrected chi connectivity index (χ4v) is 13.0. The number of rotatable bonds is 8. The van der Waals surface area contributed by atoms with Gasteiger partial charge in [-0.25, -0.2) is 9.97 Å². The van der Waals surface area contributed by atoms with Gasteiger partial charge in [-0.3, -0.25) is 14.4 Å². The molecule has 0 radical (unpaired) electrons. The molecule has 0 spiro atoms. The highest BCUT2D eigenvalue weighted by atomic mass is 16.5. The highest BCUT2D eigenvalue weighted by molar-refractivity contribution is 6.00. The van der Waals surface area contributed by atoms with E-state index in [1.165, 1.54) is 12.4 Å². The maximum atomic E-state index is 14.1. The van der Waals surface area contributed by atoms with E-state index >= 15 is 0 Å². The molecule has 0 aromatic carbocycles. The normalized spacial score (nSPS) is 35.9. The lowest BCUT2D eigenvalue weighted by Gasteiger charge is -2.72. The van der Waals surface area contributed by atoms with E-state index in [0.717, 1.165) is 56.1 Å². The van der Waals surface area contributed by atoms with Crippen molar-refractivity contribution >= 4 is 17.7 Å². The first-order chi connectivity index (χ1) is 25.7. The third-order valence-electron chi connectivity index (χ3n) is 16.0. The zero-order chi connectivity index (χ0) is 40.1. The van der Waals surface area contributed by atoms with Crippen LogP contribution in [0.2, 0.25) is 0 Å². The molecule has 2 aromatic heterocycles. The fourth-order valence-electron chi connectivity index (χ4n) is 13.0. The number of hydrogen-bond donors (Lipinski definition) is 2. The lowest BCUT2D eigenvalue weighted by atomic mass is 9.33. The van der Waals surface area contributed by atoms with Crippen molar-refractivity contribution in [2.75, 3.05) is 0 Å². The number of nitrogens with zero attached hydrogens (tertiary/aromatic N) is 5. The van der Waals surface area contributed by atoms with Crippen molar-refractivity contribution < 1.29 is 33.8 Å². The second kappa shape index (κ2) is 13.0. The molecule has 0 amide bonds. The molecule has 12 nitrogen and oxygen atoms in total. The van der Waals surface area contributed by atoms with Crippen molar-refractivity contribution in [3.63, 3.8) is 0 Å². The van der Waals surface area contributed by atoms with Crippen LogP contribution in [0.1, 0.15) is 144 Å². The molecule has 4 saturated carbocycles. The van der Waals surface area contributed by atoms with Crippen molar-refractivity contribution in [1.29, 1.82) is 5.26 Å². The first kappa shape index (κ1) is 39.3. The van der Waals surface area contributed by atoms with E-state index in [0.29, 0.717) is 23.8 Å². The zero-order valence-electron chi connectivity index (χ0n) is 33.9. The first-order valence-electron chi connectivity index (χ1n) is 20.1. The lowest BCUT2D eigenvalue weighted by Crippen LogP contribution is -2.66. The Balaban J connectivity index is 1.19. The molecule has 12 heteroatoms. The van der Waals surface area contributed by atoms with E-state index in [1.54, 1.807) is 13.8 Å². The molecule has 5 aliphatic carbocycles. The summed E-state index contributed by atoms with van der Waals surface area (Å²) in [5.41, 5.74) is -0.294. The lowest BCUT2D eigenvalue weighted by molar-refractivity contribution is -0.235. The van der Waals surface area contributed by atoms with E-state index in [9.17, 15) is 24.6 Å². The number of nitriles is 1. The summed E-state index contributed by atoms with van der Waals surface area (Å²) < 4.78 is 12.2. The summed E-state index contributed by atoms with van der Waals surface area (Å²) in [6, 6.07) is 2.00. The van der Waals surface area contributed by atoms with Gasteiger partial charge < -0.3 is 19.4 Å². The van der Waals surface area contributed by atoms with Crippen LogP contribution in [0.4, 0.5) is 0 Å². The number of carboxylic acids is 1. The van der Waals surface area contributed by atoms with Gasteiger partial charge >= 0.3 is 11.9 Å². The number of carbonyl (C=O) groups is 3. The Kier molecular flexibility index (Phi) is 9.31. The number of aromatic nitrogens is 4. The summed E-state index contributed by atoms with van der Waals surface area (Å²) >= 11 is 0. The maximum Gasteiger partial charge on any atom is 0.309 e. The first-order valence-corrected chi connectivity index (χ1v) is 20.1. The zero-order valence-corrected chi connectivity index (χ0v) is 33.9. The standard InChI is InChI=1S/C43H57N5O7/c1-23(2)31-26(49)18-43(33(51)35-47-48-36(55-35)34-45-21-24(20-44)22-46-34)17-16-41(8)25(32(31)43)10-11-28-40(7)14-13-29(54-30(50)19-38(3,4)37(52)53)39(5,6)27(40)12-15-42(28,41)9/h21-23,25,27-29,33,51H,10-19H2,1-9H3,(H,52,53)/t25-,27+,28-,29+,33?,40+,41-,42-,43-/m1/s1. The monoisotopic (exact) mass is 755 g/mol. The number of carboxylic acid groups (broad SMARTS) is 1. The number of carbonyl (C=O) groups excluding carboxylic acids is 2. The number of aliphatic hydroxyl groups excluding tert-OH is 1. The SMILES string of the molecule is CC(C)C1=C2[C@H]3CC[C@@H]4[C@@]5(C)CC[C@H](OC(=O)CC(C)(C)C(=O)O)C(C)(C)[C@@H]5CC[C@@]4(C)[C@]3(C)CC[C@@]2(C(O)c2nnc(-c3ncc(C#N)cn3)o2)CC1=O. The van der Waals surface area contributed by atoms with Crippen LogP contribution >= 0.6 is 0 Å². The average molecular weight is 756 g/mol. The van der Waals surface area contributed by atoms with Gasteiger partial charge in [-0.2, -0.15) is 5.26 Å². The summed E-state index contributed by atoms with van der Waals surface area (Å²) in [6.45, 7) is 19.2. The largest absolute Gasteiger partial charge is 0.481 e. The number of ketones is 1. The van der Waals surface area contributed by atoms with E-state index in [2.05, 4.69) is 68.6 Å². The molecule has 296 valence electrons. The van der Waals surface area contributed by atoms with Crippen LogP contribution in [0.5, 0.6) is 0 Å². The van der Waals surface area contributed by atoms with E-state index in [4.69, 9.17) is 14.4 Å². The third kappa shape index (κ3) is 5.72. The molecule has 1 unspecified atom stereocenters. The van der Waals surface area contributed by atoms with Crippen molar-refractivity contribution in [1.82, 2.24) is 20.2 Å². The van der Waals surface area contributed by atoms with Gasteiger partial charge in [0.15, 0.2) is 5.78 Å². The molecular weight excluding hydrogens is 699 g/mol. The quantitative estimate of drug-likeness (QED) is 0.249. The minimum absolute atomic E-state index is 0.00377. The molecule has 2 N–H and O–H groups in total. The molecule has 7 rings (SSSR count). The molecule has 2 heterocycles. The Labute approximate surface area is 323 Å². The number of aliphatic carboxylic acids is 1. The minimum Gasteiger partial charge on any atom is -0.481 e. The van der Waals surface area contributed by atoms with Gasteiger partial charge in [0.2, 0.25) is 11.7 Å². The van der Waals surface area contributed by atoms with Crippen LogP contribution in [0, 0.1) is 67.5 Å². The van der Waals surface area contributed by atoms with Crippen LogP contribution in [-0.4, -0.2) is 54.2 Å². The van der Waals surface area contributed by atoms with Crippen molar-refractivity contribution in [2.45, 2.75) is 139 Å². The summed E-state index contributed by atoms with van der Waals surface area (Å²) in [5.74, 6) is -0.323. The minimum atomic E-state index is -1.19. The van der Waals surface area contributed by atoms with Crippen molar-refractivity contribution in [2.24, 2.45) is 56.2 Å². The fraction of sp³-hybridized carbons (Fsp3) is 0.721. The highest BCUT2D eigenvalue weighted by Gasteiger charge is 2.71. The molecule has 0 aliphatic heterocycles. The molecule has 55 heavy (non-hydrogen) atoms. The van der Waals surface area contributed by atoms with Gasteiger partial charge in [0.25, 0.3) is 5.89 Å². The third-order valence-corrected chi connectivity index (χ3v) is 16.0. The van der Waals surface area contributed by atoms with Gasteiger partial charge in [0, 0.05) is 29.6 Å². The number of aliphatic hydroxyl groups is 1. The van der Waals surface area contributed by atoms with Crippen LogP contribution in [0.25, 0.3) is 11.7 Å². The van der Waals surface area contributed by atoms with Crippen molar-refractivity contribution in [3.8, 4) is 17.8 Å². The second-order valence-electron chi connectivity index (χ2n) is 19.8.